The number of esters is 2. The molecule has 0 spiro atoms. The summed E-state index contributed by atoms with van der Waals surface area (Å²) in [5.74, 6) is -2.87. The highest BCUT2D eigenvalue weighted by Gasteiger charge is 2.28. The summed E-state index contributed by atoms with van der Waals surface area (Å²) >= 11 is 0. The van der Waals surface area contributed by atoms with Gasteiger partial charge in [-0.2, -0.15) is 0 Å². The van der Waals surface area contributed by atoms with Crippen LogP contribution in [-0.4, -0.2) is 65.7 Å². The molecule has 0 aromatic heterocycles. The molecule has 0 aliphatic heterocycles. The lowest BCUT2D eigenvalue weighted by Crippen LogP contribution is -2.34. The van der Waals surface area contributed by atoms with Gasteiger partial charge in [0.25, 0.3) is 0 Å². The lowest BCUT2D eigenvalue weighted by Gasteiger charge is -2.20. The van der Waals surface area contributed by atoms with Gasteiger partial charge in [0.1, 0.15) is 12.6 Å². The fourth-order valence-electron chi connectivity index (χ4n) is 5.04. The second kappa shape index (κ2) is 41.2. The summed E-state index contributed by atoms with van der Waals surface area (Å²) in [6, 6.07) is -1.57. The summed E-state index contributed by atoms with van der Waals surface area (Å²) in [6.45, 7) is 2.35. The zero-order valence-electron chi connectivity index (χ0n) is 36.7. The largest absolute Gasteiger partial charge is 0.480 e. The van der Waals surface area contributed by atoms with Gasteiger partial charge in [-0.1, -0.05) is 136 Å². The Hall–Kier alpha value is -4.19. The number of carbonyl (C=O) groups excluding carboxylic acids is 3. The molecule has 13 heteroatoms. The molecule has 4 N–H and O–H groups in total. The number of aliphatic carboxylic acids is 1. The van der Waals surface area contributed by atoms with Gasteiger partial charge >= 0.3 is 25.7 Å². The molecule has 1 unspecified atom stereocenters. The first-order valence-corrected chi connectivity index (χ1v) is 23.4. The summed E-state index contributed by atoms with van der Waals surface area (Å²) in [6.07, 6.45) is 50.2. The smallest absolute Gasteiger partial charge is 0.472 e. The first-order valence-electron chi connectivity index (χ1n) is 21.9. The van der Waals surface area contributed by atoms with Crippen LogP contribution in [0, 0.1) is 0 Å². The van der Waals surface area contributed by atoms with Crippen LogP contribution in [0.5, 0.6) is 0 Å². The van der Waals surface area contributed by atoms with E-state index in [0.717, 1.165) is 70.6 Å². The van der Waals surface area contributed by atoms with E-state index in [4.69, 9.17) is 24.8 Å². The van der Waals surface area contributed by atoms with Crippen LogP contribution in [0.1, 0.15) is 136 Å². The van der Waals surface area contributed by atoms with Crippen LogP contribution in [0.25, 0.3) is 0 Å². The number of phosphoric ester groups is 1. The topological polar surface area (TPSA) is 189 Å². The molecule has 0 bridgehead atoms. The fourth-order valence-corrected chi connectivity index (χ4v) is 5.82. The summed E-state index contributed by atoms with van der Waals surface area (Å²) < 4.78 is 32.5. The number of rotatable bonds is 39. The molecule has 0 fully saturated rings. The van der Waals surface area contributed by atoms with E-state index in [2.05, 4.69) is 103 Å². The number of unbranched alkanes of at least 4 members (excludes halogenated alkanes) is 6. The molecule has 0 saturated carbocycles. The van der Waals surface area contributed by atoms with Gasteiger partial charge in [-0.25, -0.2) is 4.57 Å². The number of ketones is 1. The molecule has 0 heterocycles. The van der Waals surface area contributed by atoms with Crippen LogP contribution in [0.2, 0.25) is 0 Å². The Balaban J connectivity index is 4.64. The Morgan fingerprint density at radius 3 is 1.64 bits per heavy atom. The molecule has 12 nitrogen and oxygen atoms in total. The minimum absolute atomic E-state index is 0.0647. The lowest BCUT2D eigenvalue weighted by atomic mass is 10.1. The minimum Gasteiger partial charge on any atom is -0.480 e. The summed E-state index contributed by atoms with van der Waals surface area (Å²) in [5, 5.41) is 8.89. The van der Waals surface area contributed by atoms with Crippen LogP contribution in [0.15, 0.2) is 109 Å². The van der Waals surface area contributed by atoms with Gasteiger partial charge in [-0.3, -0.25) is 28.2 Å². The van der Waals surface area contributed by atoms with Crippen molar-refractivity contribution in [2.24, 2.45) is 5.73 Å². The van der Waals surface area contributed by atoms with Gasteiger partial charge in [-0.15, -0.1) is 0 Å². The standard InChI is InChI=1S/C48H74NO11P/c1-3-5-7-9-11-13-15-17-18-19-20-21-22-24-26-28-30-32-34-38-47(52)60-44(41-58-61(55,56)59-42-45(49)48(53)54)40-57-46(51)39-35-37-43(50)36-33-31-29-27-25-23-16-14-12-10-8-6-4-2/h5,7,11-14,17-18,20-21,23-26,29,31,33,36,44-45H,3-4,6,8-10,15-16,19,22,27-28,30,32,34-35,37-42,49H2,1-2H3,(H,53,54)(H,55,56)/b7-5-,13-11-,14-12-,18-17-,21-20-,25-23-,26-24-,31-29-,36-33+/t44-,45+/m1/s1. The van der Waals surface area contributed by atoms with Gasteiger partial charge < -0.3 is 25.2 Å². The quantitative estimate of drug-likeness (QED) is 0.0133. The maximum Gasteiger partial charge on any atom is 0.472 e. The van der Waals surface area contributed by atoms with Crippen LogP contribution < -0.4 is 5.73 Å². The molecule has 0 radical (unpaired) electrons. The zero-order valence-corrected chi connectivity index (χ0v) is 37.6. The van der Waals surface area contributed by atoms with Crippen molar-refractivity contribution in [2.45, 2.75) is 148 Å². The van der Waals surface area contributed by atoms with Crippen molar-refractivity contribution >= 4 is 31.5 Å². The maximum absolute atomic E-state index is 12.6. The molecule has 0 amide bonds. The van der Waals surface area contributed by atoms with E-state index in [1.54, 1.807) is 12.2 Å². The molecule has 0 aromatic carbocycles. The molecule has 61 heavy (non-hydrogen) atoms. The third-order valence-electron chi connectivity index (χ3n) is 8.48. The Kier molecular flexibility index (Phi) is 38.3. The van der Waals surface area contributed by atoms with Crippen molar-refractivity contribution in [3.8, 4) is 0 Å². The molecule has 3 atom stereocenters. The van der Waals surface area contributed by atoms with Crippen molar-refractivity contribution in [1.82, 2.24) is 0 Å². The van der Waals surface area contributed by atoms with E-state index in [1.165, 1.54) is 25.3 Å². The second-order valence-electron chi connectivity index (χ2n) is 14.1. The summed E-state index contributed by atoms with van der Waals surface area (Å²) in [5.41, 5.74) is 5.32. The van der Waals surface area contributed by atoms with E-state index in [0.29, 0.717) is 6.42 Å². The van der Waals surface area contributed by atoms with Crippen LogP contribution in [0.4, 0.5) is 0 Å². The first kappa shape index (κ1) is 56.8. The average Bonchev–Trinajstić information content (AvgIpc) is 3.23. The predicted octanol–water partition coefficient (Wildman–Crippen LogP) is 11.0. The van der Waals surface area contributed by atoms with E-state index in [1.807, 2.05) is 6.08 Å². The van der Waals surface area contributed by atoms with Crippen molar-refractivity contribution in [3.63, 3.8) is 0 Å². The van der Waals surface area contributed by atoms with E-state index in [9.17, 15) is 28.6 Å². The Morgan fingerprint density at radius 1 is 0.574 bits per heavy atom. The number of carboxylic acid groups (broad SMARTS) is 1. The van der Waals surface area contributed by atoms with Crippen LogP contribution in [-0.2, 0) is 42.3 Å². The molecular formula is C48H74NO11P. The summed E-state index contributed by atoms with van der Waals surface area (Å²) in [4.78, 5) is 58.2. The Bertz CT molecular complexity index is 1510. The minimum atomic E-state index is -4.79. The average molecular weight is 872 g/mol. The number of nitrogens with two attached hydrogens (primary N) is 1. The van der Waals surface area contributed by atoms with Gasteiger partial charge in [0.2, 0.25) is 0 Å². The van der Waals surface area contributed by atoms with E-state index in [-0.39, 0.29) is 31.5 Å². The van der Waals surface area contributed by atoms with E-state index < -0.39 is 57.7 Å². The molecule has 0 aliphatic rings. The number of ether oxygens (including phenoxy) is 2. The van der Waals surface area contributed by atoms with Crippen LogP contribution >= 0.6 is 7.82 Å². The van der Waals surface area contributed by atoms with Crippen molar-refractivity contribution in [3.05, 3.63) is 109 Å². The zero-order chi connectivity index (χ0) is 45.1. The predicted molar refractivity (Wildman–Crippen MR) is 245 cm³/mol. The Morgan fingerprint density at radius 2 is 1.08 bits per heavy atom. The number of allylic oxidation sites excluding steroid dienone is 18. The summed E-state index contributed by atoms with van der Waals surface area (Å²) in [7, 11) is -4.79. The van der Waals surface area contributed by atoms with Gasteiger partial charge in [0, 0.05) is 19.3 Å². The fraction of sp³-hybridized carbons (Fsp3) is 0.542. The molecule has 0 saturated heterocycles. The van der Waals surface area contributed by atoms with Crippen molar-refractivity contribution in [2.75, 3.05) is 19.8 Å². The first-order chi connectivity index (χ1) is 29.5. The Labute approximate surface area is 365 Å². The van der Waals surface area contributed by atoms with Crippen LogP contribution in [0.3, 0.4) is 0 Å². The normalized spacial score (nSPS) is 14.6. The highest BCUT2D eigenvalue weighted by atomic mass is 31.2. The molecule has 0 aliphatic carbocycles. The second-order valence-corrected chi connectivity index (χ2v) is 15.6. The van der Waals surface area contributed by atoms with Crippen molar-refractivity contribution in [1.29, 1.82) is 0 Å². The van der Waals surface area contributed by atoms with Crippen molar-refractivity contribution < 1.29 is 52.3 Å². The number of carbonyl (C=O) groups is 4. The highest BCUT2D eigenvalue weighted by Crippen LogP contribution is 2.43. The maximum atomic E-state index is 12.6. The number of phosphoric acid groups is 1. The number of carboxylic acids is 1. The SMILES string of the molecule is CC/C=C\C/C=C\C/C=C\C/C=C\C/C=C\CCCCCC(=O)O[C@H](COC(=O)CCCC(=O)/C=C/C=C\C/C=C\C/C=C\CCCCC)COP(=O)(O)OC[C@H](N)C(=O)O. The van der Waals surface area contributed by atoms with E-state index >= 15 is 0 Å². The molecule has 0 rings (SSSR count). The molecule has 342 valence electrons. The third-order valence-corrected chi connectivity index (χ3v) is 9.43. The molecular weight excluding hydrogens is 797 g/mol. The number of hydrogen-bond acceptors (Lipinski definition) is 10. The highest BCUT2D eigenvalue weighted by molar-refractivity contribution is 7.47. The van der Waals surface area contributed by atoms with Gasteiger partial charge in [0.05, 0.1) is 13.2 Å². The van der Waals surface area contributed by atoms with Gasteiger partial charge in [0.15, 0.2) is 11.9 Å². The molecule has 0 aromatic rings. The van der Waals surface area contributed by atoms with Gasteiger partial charge in [-0.05, 0) is 89.5 Å². The third kappa shape index (κ3) is 41.0. The number of hydrogen-bond donors (Lipinski definition) is 3. The monoisotopic (exact) mass is 871 g/mol. The lowest BCUT2D eigenvalue weighted by molar-refractivity contribution is -0.161.